The first kappa shape index (κ1) is 36.1. The fourth-order valence-electron chi connectivity index (χ4n) is 8.95. The lowest BCUT2D eigenvalue weighted by Crippen LogP contribution is -2.10. The summed E-state index contributed by atoms with van der Waals surface area (Å²) in [7, 11) is 0. The molecule has 1 nitrogen and oxygen atoms in total. The summed E-state index contributed by atoms with van der Waals surface area (Å²) in [6.45, 7) is 0. The maximum absolute atomic E-state index is 2.40. The van der Waals surface area contributed by atoms with Gasteiger partial charge in [-0.25, -0.2) is 0 Å². The molecule has 0 heterocycles. The highest BCUT2D eigenvalue weighted by molar-refractivity contribution is 6.13. The highest BCUT2D eigenvalue weighted by Gasteiger charge is 2.18. The van der Waals surface area contributed by atoms with Crippen LogP contribution in [0.2, 0.25) is 0 Å². The van der Waals surface area contributed by atoms with Gasteiger partial charge in [-0.2, -0.15) is 0 Å². The van der Waals surface area contributed by atoms with Crippen molar-refractivity contribution in [3.63, 3.8) is 0 Å². The van der Waals surface area contributed by atoms with E-state index in [9.17, 15) is 0 Å². The Morgan fingerprint density at radius 1 is 0.197 bits per heavy atom. The van der Waals surface area contributed by atoms with Crippen molar-refractivity contribution in [3.05, 3.63) is 249 Å². The predicted molar refractivity (Wildman–Crippen MR) is 261 cm³/mol. The van der Waals surface area contributed by atoms with Crippen LogP contribution in [0.15, 0.2) is 249 Å². The van der Waals surface area contributed by atoms with E-state index in [2.05, 4.69) is 254 Å². The van der Waals surface area contributed by atoms with E-state index in [0.717, 1.165) is 17.1 Å². The Labute approximate surface area is 357 Å². The number of anilines is 3. The van der Waals surface area contributed by atoms with Crippen LogP contribution in [0, 0.1) is 0 Å². The van der Waals surface area contributed by atoms with Crippen LogP contribution in [0.25, 0.3) is 88.0 Å². The van der Waals surface area contributed by atoms with E-state index in [-0.39, 0.29) is 0 Å². The molecule has 61 heavy (non-hydrogen) atoms. The van der Waals surface area contributed by atoms with Crippen LogP contribution in [0.1, 0.15) is 0 Å². The molecule has 0 spiro atoms. The number of benzene rings is 11. The molecular weight excluding hydrogens is 735 g/mol. The molecule has 0 N–H and O–H groups in total. The normalized spacial score (nSPS) is 11.3. The minimum Gasteiger partial charge on any atom is -0.310 e. The predicted octanol–water partition coefficient (Wildman–Crippen LogP) is 17.0. The van der Waals surface area contributed by atoms with Crippen LogP contribution in [0.3, 0.4) is 0 Å². The Morgan fingerprint density at radius 3 is 1.28 bits per heavy atom. The molecule has 0 bridgehead atoms. The van der Waals surface area contributed by atoms with Gasteiger partial charge in [0.15, 0.2) is 0 Å². The van der Waals surface area contributed by atoms with Gasteiger partial charge in [-0.15, -0.1) is 0 Å². The quantitative estimate of drug-likeness (QED) is 0.139. The van der Waals surface area contributed by atoms with Gasteiger partial charge >= 0.3 is 0 Å². The van der Waals surface area contributed by atoms with Crippen LogP contribution >= 0.6 is 0 Å². The smallest absolute Gasteiger partial charge is 0.0468 e. The molecule has 0 aromatic heterocycles. The fraction of sp³-hybridized carbons (Fsp3) is 0. The maximum Gasteiger partial charge on any atom is 0.0468 e. The van der Waals surface area contributed by atoms with Gasteiger partial charge < -0.3 is 4.90 Å². The molecule has 0 saturated carbocycles. The van der Waals surface area contributed by atoms with Crippen molar-refractivity contribution in [2.24, 2.45) is 0 Å². The Balaban J connectivity index is 1.06. The van der Waals surface area contributed by atoms with Crippen LogP contribution in [-0.2, 0) is 0 Å². The number of hydrogen-bond donors (Lipinski definition) is 0. The first-order valence-electron chi connectivity index (χ1n) is 21.0. The molecule has 0 radical (unpaired) electrons. The van der Waals surface area contributed by atoms with E-state index >= 15 is 0 Å². The Hall–Kier alpha value is -8.00. The number of rotatable bonds is 8. The molecule has 0 amide bonds. The number of fused-ring (bicyclic) bond motifs is 4. The third-order valence-corrected chi connectivity index (χ3v) is 12.1. The second kappa shape index (κ2) is 15.6. The molecule has 1 heteroatoms. The van der Waals surface area contributed by atoms with E-state index in [1.54, 1.807) is 0 Å². The van der Waals surface area contributed by atoms with Crippen LogP contribution in [-0.4, -0.2) is 0 Å². The summed E-state index contributed by atoms with van der Waals surface area (Å²) in [5.41, 5.74) is 15.3. The van der Waals surface area contributed by atoms with Gasteiger partial charge in [0.25, 0.3) is 0 Å². The van der Waals surface area contributed by atoms with Gasteiger partial charge in [0.1, 0.15) is 0 Å². The largest absolute Gasteiger partial charge is 0.310 e. The monoisotopic (exact) mass is 775 g/mol. The van der Waals surface area contributed by atoms with Crippen molar-refractivity contribution in [3.8, 4) is 55.6 Å². The molecule has 0 atom stereocenters. The summed E-state index contributed by atoms with van der Waals surface area (Å²) in [5.74, 6) is 0. The van der Waals surface area contributed by atoms with E-state index in [4.69, 9.17) is 0 Å². The van der Waals surface area contributed by atoms with Gasteiger partial charge in [-0.1, -0.05) is 206 Å². The minimum atomic E-state index is 1.09. The molecule has 0 saturated heterocycles. The first-order chi connectivity index (χ1) is 30.2. The molecule has 0 aliphatic heterocycles. The Kier molecular flexibility index (Phi) is 9.26. The zero-order chi connectivity index (χ0) is 40.5. The standard InChI is InChI=1S/C60H41N/c1-3-13-42(14-4-1)45-23-27-47(28-24-45)56-38-37-54(41-60(56)48-29-25-46(26-30-48)43-15-5-2-6-16-43)61(53-36-31-44-17-7-8-18-50(44)39-53)52-34-32-49(33-35-52)59-40-51-19-9-10-20-55(51)57-21-11-12-22-58(57)59/h1-41H. The first-order valence-corrected chi connectivity index (χ1v) is 21.0. The Bertz CT molecular complexity index is 3310. The molecular formula is C60H41N. The summed E-state index contributed by atoms with van der Waals surface area (Å²) >= 11 is 0. The van der Waals surface area contributed by atoms with Crippen molar-refractivity contribution in [2.45, 2.75) is 0 Å². The maximum atomic E-state index is 2.40. The summed E-state index contributed by atoms with van der Waals surface area (Å²) in [5, 5.41) is 7.49. The number of hydrogen-bond acceptors (Lipinski definition) is 1. The van der Waals surface area contributed by atoms with E-state index in [0.29, 0.717) is 0 Å². The Morgan fingerprint density at radius 2 is 0.623 bits per heavy atom. The third-order valence-electron chi connectivity index (χ3n) is 12.1. The average Bonchev–Trinajstić information content (AvgIpc) is 3.35. The second-order valence-corrected chi connectivity index (χ2v) is 15.7. The summed E-state index contributed by atoms with van der Waals surface area (Å²) in [6.07, 6.45) is 0. The van der Waals surface area contributed by atoms with Crippen molar-refractivity contribution in [2.75, 3.05) is 4.90 Å². The van der Waals surface area contributed by atoms with Crippen molar-refractivity contribution in [1.82, 2.24) is 0 Å². The van der Waals surface area contributed by atoms with Gasteiger partial charge in [-0.3, -0.25) is 0 Å². The lowest BCUT2D eigenvalue weighted by molar-refractivity contribution is 1.29. The van der Waals surface area contributed by atoms with E-state index in [1.165, 1.54) is 88.0 Å². The van der Waals surface area contributed by atoms with E-state index in [1.807, 2.05) is 0 Å². The average molecular weight is 776 g/mol. The lowest BCUT2D eigenvalue weighted by Gasteiger charge is -2.27. The zero-order valence-electron chi connectivity index (χ0n) is 33.6. The van der Waals surface area contributed by atoms with Gasteiger partial charge in [-0.05, 0) is 130 Å². The fourth-order valence-corrected chi connectivity index (χ4v) is 8.95. The molecule has 286 valence electrons. The van der Waals surface area contributed by atoms with Gasteiger partial charge in [0.05, 0.1) is 0 Å². The molecule has 11 rings (SSSR count). The third kappa shape index (κ3) is 6.93. The summed E-state index contributed by atoms with van der Waals surface area (Å²) < 4.78 is 0. The molecule has 0 unspecified atom stereocenters. The van der Waals surface area contributed by atoms with Crippen LogP contribution in [0.5, 0.6) is 0 Å². The summed E-state index contributed by atoms with van der Waals surface area (Å²) in [4.78, 5) is 2.40. The van der Waals surface area contributed by atoms with Gasteiger partial charge in [0.2, 0.25) is 0 Å². The SMILES string of the molecule is c1ccc(-c2ccc(-c3ccc(N(c4ccc(-c5cc6ccccc6c6ccccc56)cc4)c4ccc5ccccc5c4)cc3-c3ccc(-c4ccccc4)cc3)cc2)cc1. The molecule has 0 aliphatic rings. The highest BCUT2D eigenvalue weighted by atomic mass is 15.1. The summed E-state index contributed by atoms with van der Waals surface area (Å²) in [6, 6.07) is 90.5. The van der Waals surface area contributed by atoms with Gasteiger partial charge in [0, 0.05) is 17.1 Å². The van der Waals surface area contributed by atoms with Crippen molar-refractivity contribution >= 4 is 49.4 Å². The van der Waals surface area contributed by atoms with Crippen molar-refractivity contribution in [1.29, 1.82) is 0 Å². The molecule has 11 aromatic carbocycles. The molecule has 0 aliphatic carbocycles. The van der Waals surface area contributed by atoms with Crippen LogP contribution < -0.4 is 4.90 Å². The van der Waals surface area contributed by atoms with Crippen LogP contribution in [0.4, 0.5) is 17.1 Å². The molecule has 11 aromatic rings. The topological polar surface area (TPSA) is 3.24 Å². The number of nitrogens with zero attached hydrogens (tertiary/aromatic N) is 1. The van der Waals surface area contributed by atoms with E-state index < -0.39 is 0 Å². The lowest BCUT2D eigenvalue weighted by atomic mass is 9.91. The zero-order valence-corrected chi connectivity index (χ0v) is 33.6. The van der Waals surface area contributed by atoms with Crippen molar-refractivity contribution < 1.29 is 0 Å². The minimum absolute atomic E-state index is 1.09. The highest BCUT2D eigenvalue weighted by Crippen LogP contribution is 2.43. The second-order valence-electron chi connectivity index (χ2n) is 15.7. The molecule has 0 fully saturated rings.